The monoisotopic (exact) mass is 724 g/mol. The number of rotatable bonds is 19. The van der Waals surface area contributed by atoms with Crippen LogP contribution in [0, 0.1) is 17.6 Å². The van der Waals surface area contributed by atoms with Gasteiger partial charge in [-0.25, -0.2) is 22.0 Å². The van der Waals surface area contributed by atoms with Crippen LogP contribution in [-0.2, 0) is 48.3 Å². The van der Waals surface area contributed by atoms with Gasteiger partial charge in [0, 0.05) is 25.2 Å². The molecule has 0 spiro atoms. The molecule has 0 amide bonds. The number of carboxylic acid groups (broad SMARTS) is 2. The lowest BCUT2D eigenvalue weighted by atomic mass is 10.0. The van der Waals surface area contributed by atoms with Gasteiger partial charge in [0.2, 0.25) is 0 Å². The lowest BCUT2D eigenvalue weighted by Crippen LogP contribution is -2.47. The second-order valence-corrected chi connectivity index (χ2v) is 13.9. The van der Waals surface area contributed by atoms with Gasteiger partial charge in [0.25, 0.3) is 0 Å². The van der Waals surface area contributed by atoms with Gasteiger partial charge in [0.05, 0.1) is 23.3 Å². The summed E-state index contributed by atoms with van der Waals surface area (Å²) in [7, 11) is -3.80. The molecule has 0 saturated heterocycles. The molecule has 1 unspecified atom stereocenters. The zero-order valence-corrected chi connectivity index (χ0v) is 28.5. The summed E-state index contributed by atoms with van der Waals surface area (Å²) in [5, 5.41) is 19.1. The number of benzene rings is 2. The number of carboxylic acids is 2. The van der Waals surface area contributed by atoms with Crippen molar-refractivity contribution in [1.82, 2.24) is 5.32 Å². The van der Waals surface area contributed by atoms with E-state index in [2.05, 4.69) is 5.32 Å². The minimum Gasteiger partial charge on any atom is -0.481 e. The van der Waals surface area contributed by atoms with Gasteiger partial charge in [-0.2, -0.15) is 13.2 Å². The van der Waals surface area contributed by atoms with Crippen molar-refractivity contribution in [3.05, 3.63) is 70.8 Å². The molecular formula is C33H45F5N2O8S. The van der Waals surface area contributed by atoms with E-state index in [0.29, 0.717) is 32.2 Å². The quantitative estimate of drug-likeness (QED) is 0.111. The van der Waals surface area contributed by atoms with E-state index >= 15 is 0 Å². The van der Waals surface area contributed by atoms with Crippen LogP contribution in [0.3, 0.4) is 0 Å². The van der Waals surface area contributed by atoms with Crippen molar-refractivity contribution in [3.8, 4) is 0 Å². The third kappa shape index (κ3) is 16.6. The summed E-state index contributed by atoms with van der Waals surface area (Å²) in [6, 6.07) is 9.96. The number of alkyl halides is 3. The van der Waals surface area contributed by atoms with E-state index in [9.17, 15) is 45.1 Å². The maximum atomic E-state index is 13.8. The first-order valence-corrected chi connectivity index (χ1v) is 17.5. The highest BCUT2D eigenvalue weighted by molar-refractivity contribution is 7.92. The summed E-state index contributed by atoms with van der Waals surface area (Å²) in [5.41, 5.74) is 8.76. The SMILES string of the molecule is CCCC(CCC)S(=O)(=O)CC(CC(=O)O)C(=O)O[C@H](CNCc1cccc(CC)c1)[C@@H](N)Cc1cc(F)cc(F)c1.O=C(O)C(F)(F)F. The van der Waals surface area contributed by atoms with E-state index < -0.39 is 81.0 Å². The maximum Gasteiger partial charge on any atom is 0.490 e. The number of hydrogen-bond acceptors (Lipinski definition) is 8. The Morgan fingerprint density at radius 3 is 1.96 bits per heavy atom. The molecule has 2 aromatic carbocycles. The second-order valence-electron chi connectivity index (χ2n) is 11.6. The topological polar surface area (TPSA) is 173 Å². The van der Waals surface area contributed by atoms with Crippen LogP contribution >= 0.6 is 0 Å². The molecule has 0 heterocycles. The predicted molar refractivity (Wildman–Crippen MR) is 172 cm³/mol. The molecule has 10 nitrogen and oxygen atoms in total. The average Bonchev–Trinajstić information content (AvgIpc) is 2.99. The highest BCUT2D eigenvalue weighted by Gasteiger charge is 2.38. The molecular weight excluding hydrogens is 679 g/mol. The normalized spacial score (nSPS) is 13.6. The number of sulfone groups is 1. The van der Waals surface area contributed by atoms with Crippen LogP contribution in [-0.4, -0.2) is 72.4 Å². The van der Waals surface area contributed by atoms with Crippen molar-refractivity contribution >= 4 is 27.7 Å². The van der Waals surface area contributed by atoms with Gasteiger partial charge in [-0.3, -0.25) is 9.59 Å². The van der Waals surface area contributed by atoms with Gasteiger partial charge in [-0.05, 0) is 54.5 Å². The fraction of sp³-hybridized carbons (Fsp3) is 0.545. The van der Waals surface area contributed by atoms with Crippen molar-refractivity contribution in [2.45, 2.75) is 95.8 Å². The molecule has 2 aromatic rings. The van der Waals surface area contributed by atoms with Crippen molar-refractivity contribution in [1.29, 1.82) is 0 Å². The number of nitrogens with two attached hydrogens (primary N) is 1. The third-order valence-electron chi connectivity index (χ3n) is 7.37. The number of hydrogen-bond donors (Lipinski definition) is 4. The van der Waals surface area contributed by atoms with Crippen LogP contribution in [0.25, 0.3) is 0 Å². The summed E-state index contributed by atoms with van der Waals surface area (Å²) in [4.78, 5) is 33.8. The number of esters is 1. The van der Waals surface area contributed by atoms with Crippen molar-refractivity contribution in [2.24, 2.45) is 11.7 Å². The Morgan fingerprint density at radius 1 is 0.918 bits per heavy atom. The lowest BCUT2D eigenvalue weighted by Gasteiger charge is -2.27. The minimum absolute atomic E-state index is 0.0435. The molecule has 0 saturated carbocycles. The van der Waals surface area contributed by atoms with Gasteiger partial charge in [0.15, 0.2) is 9.84 Å². The third-order valence-corrected chi connectivity index (χ3v) is 9.73. The van der Waals surface area contributed by atoms with E-state index in [-0.39, 0.29) is 18.5 Å². The van der Waals surface area contributed by atoms with E-state index in [0.717, 1.165) is 35.7 Å². The van der Waals surface area contributed by atoms with Gasteiger partial charge in [-0.15, -0.1) is 0 Å². The molecule has 276 valence electrons. The number of aliphatic carboxylic acids is 2. The van der Waals surface area contributed by atoms with E-state index in [4.69, 9.17) is 20.4 Å². The Hall–Kier alpha value is -3.63. The summed E-state index contributed by atoms with van der Waals surface area (Å²) >= 11 is 0. The molecule has 16 heteroatoms. The number of aryl methyl sites for hydroxylation is 1. The number of nitrogens with one attached hydrogen (secondary N) is 1. The van der Waals surface area contributed by atoms with Crippen LogP contribution in [0.1, 0.15) is 69.6 Å². The molecule has 0 aliphatic carbocycles. The molecule has 0 aliphatic heterocycles. The van der Waals surface area contributed by atoms with Crippen molar-refractivity contribution in [2.75, 3.05) is 12.3 Å². The highest BCUT2D eigenvalue weighted by atomic mass is 32.2. The van der Waals surface area contributed by atoms with E-state index in [1.165, 1.54) is 0 Å². The number of carbonyl (C=O) groups is 3. The second kappa shape index (κ2) is 20.8. The summed E-state index contributed by atoms with van der Waals surface area (Å²) in [6.07, 6.45) is -3.97. The highest BCUT2D eigenvalue weighted by Crippen LogP contribution is 2.22. The summed E-state index contributed by atoms with van der Waals surface area (Å²) in [5.74, 6) is -8.73. The Labute approximate surface area is 283 Å². The van der Waals surface area contributed by atoms with Crippen molar-refractivity contribution in [3.63, 3.8) is 0 Å². The van der Waals surface area contributed by atoms with Gasteiger partial charge >= 0.3 is 24.1 Å². The number of ether oxygens (including phenoxy) is 1. The Bertz CT molecular complexity index is 1450. The molecule has 2 rings (SSSR count). The maximum absolute atomic E-state index is 13.8. The summed E-state index contributed by atoms with van der Waals surface area (Å²) in [6.45, 7) is 6.22. The largest absolute Gasteiger partial charge is 0.490 e. The fourth-order valence-electron chi connectivity index (χ4n) is 4.96. The van der Waals surface area contributed by atoms with Crippen LogP contribution in [0.2, 0.25) is 0 Å². The number of carbonyl (C=O) groups excluding carboxylic acids is 1. The van der Waals surface area contributed by atoms with Crippen LogP contribution < -0.4 is 11.1 Å². The molecule has 0 fully saturated rings. The smallest absolute Gasteiger partial charge is 0.481 e. The zero-order chi connectivity index (χ0) is 37.4. The van der Waals surface area contributed by atoms with Crippen molar-refractivity contribution < 1.29 is 59.7 Å². The predicted octanol–water partition coefficient (Wildman–Crippen LogP) is 5.21. The molecule has 3 atom stereocenters. The molecule has 49 heavy (non-hydrogen) atoms. The van der Waals surface area contributed by atoms with Crippen LogP contribution in [0.15, 0.2) is 42.5 Å². The molecule has 0 bridgehead atoms. The van der Waals surface area contributed by atoms with Gasteiger partial charge in [-0.1, -0.05) is 57.9 Å². The first-order valence-electron chi connectivity index (χ1n) is 15.8. The molecule has 0 aromatic heterocycles. The lowest BCUT2D eigenvalue weighted by molar-refractivity contribution is -0.192. The standard InChI is InChI=1S/C31H44F2N2O6S.C2HF3O2/c1-4-8-27(9-5-2)42(39,40)20-24(16-30(36)37)31(38)41-29(19-35-18-22-11-7-10-21(6-3)12-22)28(34)15-23-13-25(32)17-26(33)14-23;3-2(4,5)1(6)7/h7,10-14,17,24,27-29,35H,4-6,8-9,15-16,18-20,34H2,1-3H3,(H,36,37);(H,6,7)/t24?,28-,29+;/m0./s1. The Kier molecular flexibility index (Phi) is 18.4. The van der Waals surface area contributed by atoms with E-state index in [1.54, 1.807) is 0 Å². The first kappa shape index (κ1) is 43.4. The molecule has 5 N–H and O–H groups in total. The van der Waals surface area contributed by atoms with Gasteiger partial charge < -0.3 is 26.0 Å². The first-order chi connectivity index (χ1) is 22.8. The molecule has 0 radical (unpaired) electrons. The number of halogens is 5. The Morgan fingerprint density at radius 2 is 1.47 bits per heavy atom. The molecule has 0 aliphatic rings. The minimum atomic E-state index is -5.08. The van der Waals surface area contributed by atoms with Crippen LogP contribution in [0.5, 0.6) is 0 Å². The van der Waals surface area contributed by atoms with Crippen LogP contribution in [0.4, 0.5) is 22.0 Å². The summed E-state index contributed by atoms with van der Waals surface area (Å²) < 4.78 is 91.5. The zero-order valence-electron chi connectivity index (χ0n) is 27.6. The van der Waals surface area contributed by atoms with E-state index in [1.807, 2.05) is 45.0 Å². The average molecular weight is 725 g/mol. The van der Waals surface area contributed by atoms with Gasteiger partial charge in [0.1, 0.15) is 17.7 Å². The fourth-order valence-corrected chi connectivity index (χ4v) is 7.24. The Balaban J connectivity index is 0.00000154.